The third-order valence-electron chi connectivity index (χ3n) is 5.96. The first kappa shape index (κ1) is 18.9. The van der Waals surface area contributed by atoms with E-state index in [-0.39, 0.29) is 17.8 Å². The predicted octanol–water partition coefficient (Wildman–Crippen LogP) is 3.61. The molecule has 2 aromatic carbocycles. The van der Waals surface area contributed by atoms with E-state index in [2.05, 4.69) is 39.4 Å². The zero-order valence-electron chi connectivity index (χ0n) is 16.2. The van der Waals surface area contributed by atoms with E-state index in [1.54, 1.807) is 0 Å². The number of hydrogen-bond acceptors (Lipinski definition) is 3. The number of para-hydroxylation sites is 1. The minimum atomic E-state index is -0.216. The molecule has 148 valence electrons. The highest BCUT2D eigenvalue weighted by molar-refractivity contribution is 5.78. The summed E-state index contributed by atoms with van der Waals surface area (Å²) in [6, 6.07) is 17.4. The van der Waals surface area contributed by atoms with Crippen LogP contribution in [-0.2, 0) is 4.79 Å². The molecule has 0 bridgehead atoms. The predicted molar refractivity (Wildman–Crippen MR) is 110 cm³/mol. The molecule has 0 saturated carbocycles. The molecule has 1 N–H and O–H groups in total. The van der Waals surface area contributed by atoms with Crippen molar-refractivity contribution in [1.82, 2.24) is 10.2 Å². The average molecular weight is 381 g/mol. The number of nitrogens with zero attached hydrogens (tertiary/aromatic N) is 2. The molecule has 2 fully saturated rings. The molecule has 0 aromatic heterocycles. The minimum Gasteiger partial charge on any atom is -0.371 e. The summed E-state index contributed by atoms with van der Waals surface area (Å²) in [5, 5.41) is 3.14. The fraction of sp³-hybridized carbons (Fsp3) is 0.435. The third-order valence-corrected chi connectivity index (χ3v) is 5.96. The summed E-state index contributed by atoms with van der Waals surface area (Å²) in [5.41, 5.74) is 2.36. The molecule has 0 radical (unpaired) electrons. The molecule has 4 rings (SSSR count). The van der Waals surface area contributed by atoms with Crippen LogP contribution in [0.2, 0.25) is 0 Å². The lowest BCUT2D eigenvalue weighted by Gasteiger charge is -2.24. The summed E-state index contributed by atoms with van der Waals surface area (Å²) in [6.07, 6.45) is 3.20. The van der Waals surface area contributed by atoms with E-state index in [1.807, 2.05) is 18.2 Å². The van der Waals surface area contributed by atoms with Crippen LogP contribution in [0.4, 0.5) is 10.1 Å². The van der Waals surface area contributed by atoms with Crippen molar-refractivity contribution in [3.8, 4) is 0 Å². The number of nitrogens with one attached hydrogen (secondary N) is 1. The Bertz CT molecular complexity index is 780. The minimum absolute atomic E-state index is 0.0900. The standard InChI is InChI=1S/C23H28FN3O/c24-20-10-8-19(9-11-20)22-7-4-13-27(22)17-23(28)25-15-18-12-14-26(16-18)21-5-2-1-3-6-21/h1-3,5-6,8-11,18,22H,4,7,12-17H2,(H,25,28). The molecule has 28 heavy (non-hydrogen) atoms. The van der Waals surface area contributed by atoms with E-state index in [4.69, 9.17) is 0 Å². The number of anilines is 1. The second-order valence-electron chi connectivity index (χ2n) is 7.92. The van der Waals surface area contributed by atoms with Gasteiger partial charge >= 0.3 is 0 Å². The van der Waals surface area contributed by atoms with E-state index in [1.165, 1.54) is 17.8 Å². The molecule has 2 saturated heterocycles. The molecule has 0 spiro atoms. The lowest BCUT2D eigenvalue weighted by atomic mass is 10.0. The van der Waals surface area contributed by atoms with E-state index >= 15 is 0 Å². The number of carbonyl (C=O) groups excluding carboxylic acids is 1. The van der Waals surface area contributed by atoms with Gasteiger partial charge in [-0.1, -0.05) is 30.3 Å². The maximum absolute atomic E-state index is 13.2. The summed E-state index contributed by atoms with van der Waals surface area (Å²) < 4.78 is 13.2. The van der Waals surface area contributed by atoms with Crippen LogP contribution in [0, 0.1) is 11.7 Å². The van der Waals surface area contributed by atoms with Crippen molar-refractivity contribution >= 4 is 11.6 Å². The second-order valence-corrected chi connectivity index (χ2v) is 7.92. The molecule has 2 heterocycles. The molecule has 1 amide bonds. The Morgan fingerprint density at radius 3 is 2.61 bits per heavy atom. The van der Waals surface area contributed by atoms with Crippen LogP contribution in [-0.4, -0.2) is 43.5 Å². The van der Waals surface area contributed by atoms with E-state index in [9.17, 15) is 9.18 Å². The Hall–Kier alpha value is -2.40. The van der Waals surface area contributed by atoms with Gasteiger partial charge in [0, 0.05) is 31.4 Å². The number of halogens is 1. The number of benzene rings is 2. The lowest BCUT2D eigenvalue weighted by molar-refractivity contribution is -0.122. The van der Waals surface area contributed by atoms with Gasteiger partial charge < -0.3 is 10.2 Å². The molecule has 4 nitrogen and oxygen atoms in total. The summed E-state index contributed by atoms with van der Waals surface area (Å²) in [5.74, 6) is 0.370. The lowest BCUT2D eigenvalue weighted by Crippen LogP contribution is -2.39. The van der Waals surface area contributed by atoms with Gasteiger partial charge in [0.2, 0.25) is 5.91 Å². The van der Waals surface area contributed by atoms with Crippen LogP contribution in [0.3, 0.4) is 0 Å². The first-order valence-electron chi connectivity index (χ1n) is 10.3. The van der Waals surface area contributed by atoms with Crippen molar-refractivity contribution in [3.05, 3.63) is 66.0 Å². The van der Waals surface area contributed by atoms with Crippen molar-refractivity contribution < 1.29 is 9.18 Å². The smallest absolute Gasteiger partial charge is 0.234 e. The Balaban J connectivity index is 1.25. The van der Waals surface area contributed by atoms with Gasteiger partial charge in [-0.3, -0.25) is 9.69 Å². The van der Waals surface area contributed by atoms with Crippen LogP contribution in [0.25, 0.3) is 0 Å². The van der Waals surface area contributed by atoms with Crippen LogP contribution in [0.5, 0.6) is 0 Å². The van der Waals surface area contributed by atoms with E-state index in [0.717, 1.165) is 51.0 Å². The number of rotatable bonds is 6. The largest absolute Gasteiger partial charge is 0.371 e. The molecule has 2 atom stereocenters. The van der Waals surface area contributed by atoms with Gasteiger partial charge in [0.1, 0.15) is 5.82 Å². The Kier molecular flexibility index (Phi) is 5.91. The van der Waals surface area contributed by atoms with Gasteiger partial charge in [0.15, 0.2) is 0 Å². The van der Waals surface area contributed by atoms with Gasteiger partial charge in [0.25, 0.3) is 0 Å². The number of likely N-dealkylation sites (tertiary alicyclic amines) is 1. The molecule has 2 aliphatic heterocycles. The SMILES string of the molecule is O=C(CN1CCCC1c1ccc(F)cc1)NCC1CCN(c2ccccc2)C1. The van der Waals surface area contributed by atoms with Crippen molar-refractivity contribution in [2.24, 2.45) is 5.92 Å². The normalized spacial score (nSPS) is 22.5. The molecule has 5 heteroatoms. The molecular weight excluding hydrogens is 353 g/mol. The summed E-state index contributed by atoms with van der Waals surface area (Å²) in [6.45, 7) is 4.10. The maximum atomic E-state index is 13.2. The highest BCUT2D eigenvalue weighted by Crippen LogP contribution is 2.31. The topological polar surface area (TPSA) is 35.6 Å². The molecule has 2 aliphatic rings. The second kappa shape index (κ2) is 8.74. The maximum Gasteiger partial charge on any atom is 0.234 e. The van der Waals surface area contributed by atoms with Crippen molar-refractivity contribution in [2.45, 2.75) is 25.3 Å². The van der Waals surface area contributed by atoms with Gasteiger partial charge in [0.05, 0.1) is 6.54 Å². The highest BCUT2D eigenvalue weighted by atomic mass is 19.1. The van der Waals surface area contributed by atoms with E-state index < -0.39 is 0 Å². The fourth-order valence-electron chi connectivity index (χ4n) is 4.45. The van der Waals surface area contributed by atoms with Gasteiger partial charge in [-0.05, 0) is 61.6 Å². The molecule has 2 aromatic rings. The Morgan fingerprint density at radius 1 is 1.04 bits per heavy atom. The van der Waals surface area contributed by atoms with Crippen molar-refractivity contribution in [1.29, 1.82) is 0 Å². The van der Waals surface area contributed by atoms with Crippen LogP contribution in [0.15, 0.2) is 54.6 Å². The summed E-state index contributed by atoms with van der Waals surface area (Å²) >= 11 is 0. The summed E-state index contributed by atoms with van der Waals surface area (Å²) in [4.78, 5) is 17.1. The quantitative estimate of drug-likeness (QED) is 0.830. The average Bonchev–Trinajstić information content (AvgIpc) is 3.37. The van der Waals surface area contributed by atoms with Crippen LogP contribution >= 0.6 is 0 Å². The van der Waals surface area contributed by atoms with Crippen LogP contribution in [0.1, 0.15) is 30.9 Å². The van der Waals surface area contributed by atoms with Crippen molar-refractivity contribution in [2.75, 3.05) is 37.6 Å². The Morgan fingerprint density at radius 2 is 1.82 bits per heavy atom. The van der Waals surface area contributed by atoms with Gasteiger partial charge in [-0.25, -0.2) is 4.39 Å². The zero-order valence-corrected chi connectivity index (χ0v) is 16.2. The molecule has 0 aliphatic carbocycles. The number of amides is 1. The van der Waals surface area contributed by atoms with Gasteiger partial charge in [-0.2, -0.15) is 0 Å². The molecule has 2 unspecified atom stereocenters. The fourth-order valence-corrected chi connectivity index (χ4v) is 4.45. The van der Waals surface area contributed by atoms with Crippen LogP contribution < -0.4 is 10.2 Å². The monoisotopic (exact) mass is 381 g/mol. The van der Waals surface area contributed by atoms with E-state index in [0.29, 0.717) is 12.5 Å². The first-order valence-corrected chi connectivity index (χ1v) is 10.3. The zero-order chi connectivity index (χ0) is 19.3. The summed E-state index contributed by atoms with van der Waals surface area (Å²) in [7, 11) is 0. The molecular formula is C23H28FN3O. The first-order chi connectivity index (χ1) is 13.7. The third kappa shape index (κ3) is 4.53. The highest BCUT2D eigenvalue weighted by Gasteiger charge is 2.28. The number of hydrogen-bond donors (Lipinski definition) is 1. The van der Waals surface area contributed by atoms with Gasteiger partial charge in [-0.15, -0.1) is 0 Å². The number of carbonyl (C=O) groups is 1. The Labute approximate surface area is 166 Å². The van der Waals surface area contributed by atoms with Crippen molar-refractivity contribution in [3.63, 3.8) is 0 Å².